The van der Waals surface area contributed by atoms with Gasteiger partial charge >= 0.3 is 0 Å². The number of benzene rings is 1. The fourth-order valence-electron chi connectivity index (χ4n) is 1.91. The fourth-order valence-corrected chi connectivity index (χ4v) is 2.17. The number of allylic oxidation sites excluding steroid dienone is 1. The van der Waals surface area contributed by atoms with E-state index in [9.17, 15) is 4.55 Å². The van der Waals surface area contributed by atoms with Crippen molar-refractivity contribution in [3.8, 4) is 0 Å². The van der Waals surface area contributed by atoms with Crippen LogP contribution in [0.5, 0.6) is 0 Å². The minimum Gasteiger partial charge on any atom is -0.598 e. The van der Waals surface area contributed by atoms with Crippen LogP contribution in [0.15, 0.2) is 54.0 Å². The summed E-state index contributed by atoms with van der Waals surface area (Å²) >= 11 is -1.45. The minimum atomic E-state index is -1.45. The van der Waals surface area contributed by atoms with Gasteiger partial charge in [0.25, 0.3) is 0 Å². The molecule has 1 aliphatic heterocycles. The van der Waals surface area contributed by atoms with E-state index in [2.05, 4.69) is 0 Å². The molecule has 0 saturated carbocycles. The van der Waals surface area contributed by atoms with Crippen LogP contribution in [-0.2, 0) is 27.3 Å². The predicted octanol–water partition coefficient (Wildman–Crippen LogP) is 2.40. The van der Waals surface area contributed by atoms with Gasteiger partial charge in [-0.05, 0) is 25.5 Å². The molecule has 2 N–H and O–H groups in total. The SMILES string of the molecule is CC(C)(C=C(Cc1ccccc1)C1=COCO1)[S+](N)[O-]. The quantitative estimate of drug-likeness (QED) is 0.847. The third kappa shape index (κ3) is 3.79. The topological polar surface area (TPSA) is 67.5 Å². The lowest BCUT2D eigenvalue weighted by atomic mass is 10.00. The van der Waals surface area contributed by atoms with Gasteiger partial charge in [-0.15, -0.1) is 0 Å². The molecule has 1 aromatic rings. The molecule has 0 bridgehead atoms. The van der Waals surface area contributed by atoms with E-state index in [0.29, 0.717) is 12.2 Å². The highest BCUT2D eigenvalue weighted by molar-refractivity contribution is 7.90. The molecular weight excluding hydrogens is 274 g/mol. The molecule has 1 aliphatic rings. The van der Waals surface area contributed by atoms with E-state index < -0.39 is 16.1 Å². The van der Waals surface area contributed by atoms with E-state index in [4.69, 9.17) is 14.6 Å². The smallest absolute Gasteiger partial charge is 0.230 e. The molecule has 1 unspecified atom stereocenters. The Balaban J connectivity index is 2.28. The van der Waals surface area contributed by atoms with Gasteiger partial charge in [0.15, 0.2) is 10.5 Å². The Morgan fingerprint density at radius 1 is 1.40 bits per heavy atom. The molecule has 0 aromatic heterocycles. The number of hydrogen-bond donors (Lipinski definition) is 1. The summed E-state index contributed by atoms with van der Waals surface area (Å²) < 4.78 is 21.6. The van der Waals surface area contributed by atoms with Gasteiger partial charge in [0.2, 0.25) is 6.79 Å². The summed E-state index contributed by atoms with van der Waals surface area (Å²) in [6, 6.07) is 10.0. The van der Waals surface area contributed by atoms with Crippen molar-refractivity contribution >= 4 is 11.4 Å². The summed E-state index contributed by atoms with van der Waals surface area (Å²) in [6.07, 6.45) is 4.16. The average molecular weight is 293 g/mol. The van der Waals surface area contributed by atoms with Gasteiger partial charge in [0, 0.05) is 23.4 Å². The van der Waals surface area contributed by atoms with Crippen molar-refractivity contribution < 1.29 is 14.0 Å². The second kappa shape index (κ2) is 6.35. The Hall–Kier alpha value is -1.43. The van der Waals surface area contributed by atoms with Crippen LogP contribution < -0.4 is 5.14 Å². The number of rotatable bonds is 5. The summed E-state index contributed by atoms with van der Waals surface area (Å²) in [5.41, 5.74) is 2.08. The maximum atomic E-state index is 11.6. The molecule has 0 radical (unpaired) electrons. The van der Waals surface area contributed by atoms with Crippen molar-refractivity contribution in [2.45, 2.75) is 25.0 Å². The van der Waals surface area contributed by atoms with E-state index in [0.717, 1.165) is 11.1 Å². The molecule has 1 atom stereocenters. The van der Waals surface area contributed by atoms with Gasteiger partial charge in [0.1, 0.15) is 6.26 Å². The molecule has 0 fully saturated rings. The summed E-state index contributed by atoms with van der Waals surface area (Å²) in [7, 11) is 0. The molecule has 20 heavy (non-hydrogen) atoms. The normalized spacial score (nSPS) is 17.2. The standard InChI is InChI=1S/C15H19NO3S/c1-15(2,20(16)17)9-13(14-10-18-11-19-14)8-12-6-4-3-5-7-12/h3-7,9-10H,8,11,16H2,1-2H3. The molecule has 1 heterocycles. The number of hydrogen-bond acceptors (Lipinski definition) is 4. The van der Waals surface area contributed by atoms with Crippen molar-refractivity contribution in [2.75, 3.05) is 6.79 Å². The Morgan fingerprint density at radius 2 is 2.10 bits per heavy atom. The van der Waals surface area contributed by atoms with E-state index in [-0.39, 0.29) is 6.79 Å². The summed E-state index contributed by atoms with van der Waals surface area (Å²) in [5, 5.41) is 5.55. The Labute approximate surface area is 122 Å². The fraction of sp³-hybridized carbons (Fsp3) is 0.333. The molecule has 108 valence electrons. The third-order valence-electron chi connectivity index (χ3n) is 3.07. The summed E-state index contributed by atoms with van der Waals surface area (Å²) in [6.45, 7) is 3.89. The maximum absolute atomic E-state index is 11.6. The first kappa shape index (κ1) is 15.0. The highest BCUT2D eigenvalue weighted by atomic mass is 32.2. The number of nitrogens with two attached hydrogens (primary N) is 1. The first-order valence-electron chi connectivity index (χ1n) is 6.36. The van der Waals surface area contributed by atoms with Crippen LogP contribution in [0.4, 0.5) is 0 Å². The molecule has 0 saturated heterocycles. The summed E-state index contributed by atoms with van der Waals surface area (Å²) in [5.74, 6) is 0.673. The van der Waals surface area contributed by atoms with Crippen LogP contribution in [0.25, 0.3) is 0 Å². The molecule has 0 aliphatic carbocycles. The van der Waals surface area contributed by atoms with E-state index in [1.54, 1.807) is 6.26 Å². The van der Waals surface area contributed by atoms with Crippen LogP contribution in [0, 0.1) is 0 Å². The van der Waals surface area contributed by atoms with E-state index in [1.165, 1.54) is 0 Å². The monoisotopic (exact) mass is 293 g/mol. The average Bonchev–Trinajstić information content (AvgIpc) is 2.92. The van der Waals surface area contributed by atoms with Gasteiger partial charge < -0.3 is 14.0 Å². The lowest BCUT2D eigenvalue weighted by Gasteiger charge is -2.22. The highest BCUT2D eigenvalue weighted by Crippen LogP contribution is 2.26. The molecule has 4 nitrogen and oxygen atoms in total. The zero-order valence-electron chi connectivity index (χ0n) is 11.7. The molecule has 1 aromatic carbocycles. The van der Waals surface area contributed by atoms with E-state index >= 15 is 0 Å². The number of ether oxygens (including phenoxy) is 2. The first-order valence-corrected chi connectivity index (χ1v) is 7.57. The van der Waals surface area contributed by atoms with Crippen LogP contribution in [0.1, 0.15) is 19.4 Å². The Morgan fingerprint density at radius 3 is 2.65 bits per heavy atom. The van der Waals surface area contributed by atoms with Gasteiger partial charge in [-0.25, -0.2) is 0 Å². The van der Waals surface area contributed by atoms with Crippen LogP contribution in [-0.4, -0.2) is 16.1 Å². The summed E-state index contributed by atoms with van der Waals surface area (Å²) in [4.78, 5) is 0. The maximum Gasteiger partial charge on any atom is 0.230 e. The highest BCUT2D eigenvalue weighted by Gasteiger charge is 2.29. The second-order valence-corrected chi connectivity index (χ2v) is 6.79. The third-order valence-corrected chi connectivity index (χ3v) is 4.22. The van der Waals surface area contributed by atoms with Gasteiger partial charge in [-0.2, -0.15) is 5.14 Å². The van der Waals surface area contributed by atoms with E-state index in [1.807, 2.05) is 50.3 Å². The van der Waals surface area contributed by atoms with Crippen molar-refractivity contribution in [3.05, 3.63) is 59.6 Å². The lowest BCUT2D eigenvalue weighted by molar-refractivity contribution is 0.0828. The zero-order valence-corrected chi connectivity index (χ0v) is 12.5. The van der Waals surface area contributed by atoms with Gasteiger partial charge in [-0.1, -0.05) is 30.3 Å². The zero-order chi connectivity index (χ0) is 14.6. The molecular formula is C15H19NO3S. The van der Waals surface area contributed by atoms with Crippen LogP contribution in [0.2, 0.25) is 0 Å². The molecule has 2 rings (SSSR count). The first-order chi connectivity index (χ1) is 9.49. The van der Waals surface area contributed by atoms with Crippen LogP contribution in [0.3, 0.4) is 0 Å². The minimum absolute atomic E-state index is 0.216. The lowest BCUT2D eigenvalue weighted by Crippen LogP contribution is -2.36. The van der Waals surface area contributed by atoms with Gasteiger partial charge in [-0.3, -0.25) is 0 Å². The second-order valence-electron chi connectivity index (χ2n) is 5.14. The van der Waals surface area contributed by atoms with Crippen molar-refractivity contribution in [3.63, 3.8) is 0 Å². The van der Waals surface area contributed by atoms with Gasteiger partial charge in [0.05, 0.1) is 0 Å². The molecule has 5 heteroatoms. The van der Waals surface area contributed by atoms with Crippen molar-refractivity contribution in [1.82, 2.24) is 0 Å². The molecule has 0 amide bonds. The largest absolute Gasteiger partial charge is 0.598 e. The van der Waals surface area contributed by atoms with Crippen molar-refractivity contribution in [2.24, 2.45) is 5.14 Å². The molecule has 0 spiro atoms. The Kier molecular flexibility index (Phi) is 4.75. The van der Waals surface area contributed by atoms with Crippen LogP contribution >= 0.6 is 0 Å². The van der Waals surface area contributed by atoms with Crippen molar-refractivity contribution in [1.29, 1.82) is 0 Å². The Bertz CT molecular complexity index is 509. The predicted molar refractivity (Wildman–Crippen MR) is 79.8 cm³/mol.